The van der Waals surface area contributed by atoms with E-state index in [1.165, 1.54) is 29.7 Å². The average molecular weight is 364 g/mol. The molecule has 2 unspecified atom stereocenters. The van der Waals surface area contributed by atoms with Crippen LogP contribution in [0.15, 0.2) is 48.5 Å². The van der Waals surface area contributed by atoms with Crippen LogP contribution >= 0.6 is 0 Å². The number of fused-ring (bicyclic) bond motifs is 1. The van der Waals surface area contributed by atoms with Crippen molar-refractivity contribution in [2.45, 2.75) is 44.7 Å². The fraction of sp³-hybridized carbons (Fsp3) is 0.435. The molecule has 4 heteroatoms. The number of nitrogens with zero attached hydrogens (tertiary/aromatic N) is 1. The van der Waals surface area contributed by atoms with Gasteiger partial charge in [-0.25, -0.2) is 0 Å². The number of anilines is 1. The third-order valence-electron chi connectivity index (χ3n) is 5.86. The molecular weight excluding hydrogens is 336 g/mol. The van der Waals surface area contributed by atoms with E-state index in [0.29, 0.717) is 18.5 Å². The molecule has 0 spiro atoms. The quantitative estimate of drug-likeness (QED) is 0.839. The second-order valence-electron chi connectivity index (χ2n) is 7.80. The molecule has 142 valence electrons. The molecule has 4 nitrogen and oxygen atoms in total. The predicted molar refractivity (Wildman–Crippen MR) is 108 cm³/mol. The van der Waals surface area contributed by atoms with E-state index in [1.807, 2.05) is 12.1 Å². The van der Waals surface area contributed by atoms with Gasteiger partial charge >= 0.3 is 0 Å². The molecule has 0 aromatic heterocycles. The Kier molecular flexibility index (Phi) is 5.06. The van der Waals surface area contributed by atoms with E-state index in [-0.39, 0.29) is 11.9 Å². The number of hydrogen-bond donors (Lipinski definition) is 1. The minimum Gasteiger partial charge on any atom is -0.497 e. The fourth-order valence-electron chi connectivity index (χ4n) is 4.09. The Hall–Kier alpha value is -2.49. The molecule has 1 aliphatic heterocycles. The SMILES string of the molecule is COc1ccc(C(NC(=O)CN2c3ccccc3CCC2C)C2CC2)cc1. The van der Waals surface area contributed by atoms with E-state index < -0.39 is 0 Å². The lowest BCUT2D eigenvalue weighted by molar-refractivity contribution is -0.120. The summed E-state index contributed by atoms with van der Waals surface area (Å²) in [6.45, 7) is 2.63. The maximum atomic E-state index is 12.9. The molecular formula is C23H28N2O2. The van der Waals surface area contributed by atoms with Crippen LogP contribution in [0.2, 0.25) is 0 Å². The summed E-state index contributed by atoms with van der Waals surface area (Å²) in [6, 6.07) is 17.0. The van der Waals surface area contributed by atoms with Crippen LogP contribution in [0.4, 0.5) is 5.69 Å². The van der Waals surface area contributed by atoms with Gasteiger partial charge in [0, 0.05) is 11.7 Å². The zero-order valence-corrected chi connectivity index (χ0v) is 16.2. The molecule has 0 bridgehead atoms. The lowest BCUT2D eigenvalue weighted by Crippen LogP contribution is -2.45. The summed E-state index contributed by atoms with van der Waals surface area (Å²) in [5.41, 5.74) is 3.72. The molecule has 1 saturated carbocycles. The number of carbonyl (C=O) groups excluding carboxylic acids is 1. The molecule has 2 aromatic carbocycles. The molecule has 1 fully saturated rings. The van der Waals surface area contributed by atoms with Crippen LogP contribution in [0.25, 0.3) is 0 Å². The van der Waals surface area contributed by atoms with Gasteiger partial charge in [0.2, 0.25) is 5.91 Å². The first-order valence-corrected chi connectivity index (χ1v) is 9.93. The van der Waals surface area contributed by atoms with Crippen molar-refractivity contribution in [2.75, 3.05) is 18.6 Å². The van der Waals surface area contributed by atoms with Crippen molar-refractivity contribution in [3.8, 4) is 5.75 Å². The Labute approximate surface area is 161 Å². The Morgan fingerprint density at radius 1 is 1.15 bits per heavy atom. The van der Waals surface area contributed by atoms with E-state index in [1.54, 1.807) is 7.11 Å². The van der Waals surface area contributed by atoms with Crippen molar-refractivity contribution in [3.05, 3.63) is 59.7 Å². The molecule has 1 N–H and O–H groups in total. The monoisotopic (exact) mass is 364 g/mol. The van der Waals surface area contributed by atoms with Crippen LogP contribution in [0.3, 0.4) is 0 Å². The van der Waals surface area contributed by atoms with Crippen LogP contribution in [-0.4, -0.2) is 25.6 Å². The van der Waals surface area contributed by atoms with Gasteiger partial charge in [-0.15, -0.1) is 0 Å². The van der Waals surface area contributed by atoms with E-state index in [9.17, 15) is 4.79 Å². The summed E-state index contributed by atoms with van der Waals surface area (Å²) in [6.07, 6.45) is 4.54. The van der Waals surface area contributed by atoms with Gasteiger partial charge < -0.3 is 15.0 Å². The van der Waals surface area contributed by atoms with Gasteiger partial charge in [-0.3, -0.25) is 4.79 Å². The van der Waals surface area contributed by atoms with Crippen molar-refractivity contribution >= 4 is 11.6 Å². The van der Waals surface area contributed by atoms with Crippen LogP contribution in [-0.2, 0) is 11.2 Å². The zero-order chi connectivity index (χ0) is 18.8. The number of carbonyl (C=O) groups is 1. The normalized spacial score (nSPS) is 19.9. The van der Waals surface area contributed by atoms with Gasteiger partial charge in [0.1, 0.15) is 5.75 Å². The van der Waals surface area contributed by atoms with Gasteiger partial charge in [0.25, 0.3) is 0 Å². The lowest BCUT2D eigenvalue weighted by Gasteiger charge is -2.37. The fourth-order valence-corrected chi connectivity index (χ4v) is 4.09. The molecule has 27 heavy (non-hydrogen) atoms. The molecule has 0 saturated heterocycles. The van der Waals surface area contributed by atoms with E-state index >= 15 is 0 Å². The highest BCUT2D eigenvalue weighted by Gasteiger charge is 2.34. The number of benzene rings is 2. The smallest absolute Gasteiger partial charge is 0.240 e. The first kappa shape index (κ1) is 17.9. The summed E-state index contributed by atoms with van der Waals surface area (Å²) in [5, 5.41) is 3.31. The van der Waals surface area contributed by atoms with Crippen molar-refractivity contribution in [3.63, 3.8) is 0 Å². The van der Waals surface area contributed by atoms with Crippen molar-refractivity contribution in [1.29, 1.82) is 0 Å². The summed E-state index contributed by atoms with van der Waals surface area (Å²) in [4.78, 5) is 15.2. The van der Waals surface area contributed by atoms with Crippen molar-refractivity contribution in [1.82, 2.24) is 5.32 Å². The number of rotatable bonds is 6. The third-order valence-corrected chi connectivity index (χ3v) is 5.86. The number of methoxy groups -OCH3 is 1. The summed E-state index contributed by atoms with van der Waals surface area (Å²) >= 11 is 0. The Bertz CT molecular complexity index is 798. The summed E-state index contributed by atoms with van der Waals surface area (Å²) in [5.74, 6) is 1.50. The average Bonchev–Trinajstić information content (AvgIpc) is 3.54. The Morgan fingerprint density at radius 3 is 2.59 bits per heavy atom. The van der Waals surface area contributed by atoms with E-state index in [4.69, 9.17) is 4.74 Å². The second kappa shape index (κ2) is 7.63. The molecule has 1 aliphatic carbocycles. The first-order valence-electron chi connectivity index (χ1n) is 9.93. The molecule has 1 amide bonds. The van der Waals surface area contributed by atoms with Crippen LogP contribution in [0, 0.1) is 5.92 Å². The minimum absolute atomic E-state index is 0.0961. The lowest BCUT2D eigenvalue weighted by atomic mass is 9.96. The van der Waals surface area contributed by atoms with Crippen LogP contribution in [0.1, 0.15) is 43.4 Å². The Morgan fingerprint density at radius 2 is 1.89 bits per heavy atom. The number of aryl methyl sites for hydroxylation is 1. The Balaban J connectivity index is 1.47. The largest absolute Gasteiger partial charge is 0.497 e. The standard InChI is InChI=1S/C23H28N2O2/c1-16-7-8-17-5-3-4-6-21(17)25(16)15-22(26)24-23(18-9-10-18)19-11-13-20(27-2)14-12-19/h3-6,11-14,16,18,23H,7-10,15H2,1-2H3,(H,24,26). The number of hydrogen-bond acceptors (Lipinski definition) is 3. The van der Waals surface area contributed by atoms with E-state index in [0.717, 1.165) is 18.6 Å². The molecule has 0 radical (unpaired) electrons. The van der Waals surface area contributed by atoms with Crippen LogP contribution < -0.4 is 15.0 Å². The molecule has 2 atom stereocenters. The topological polar surface area (TPSA) is 41.6 Å². The summed E-state index contributed by atoms with van der Waals surface area (Å²) < 4.78 is 5.26. The number of nitrogens with one attached hydrogen (secondary N) is 1. The zero-order valence-electron chi connectivity index (χ0n) is 16.2. The third kappa shape index (κ3) is 3.95. The highest BCUT2D eigenvalue weighted by Crippen LogP contribution is 2.41. The number of amides is 1. The molecule has 4 rings (SSSR count). The van der Waals surface area contributed by atoms with E-state index in [2.05, 4.69) is 53.5 Å². The predicted octanol–water partition coefficient (Wildman–Crippen LogP) is 4.10. The van der Waals surface area contributed by atoms with Gasteiger partial charge in [0.05, 0.1) is 19.7 Å². The number of ether oxygens (including phenoxy) is 1. The summed E-state index contributed by atoms with van der Waals surface area (Å²) in [7, 11) is 1.67. The van der Waals surface area contributed by atoms with Crippen molar-refractivity contribution < 1.29 is 9.53 Å². The maximum absolute atomic E-state index is 12.9. The van der Waals surface area contributed by atoms with Gasteiger partial charge in [-0.05, 0) is 67.9 Å². The highest BCUT2D eigenvalue weighted by molar-refractivity contribution is 5.82. The van der Waals surface area contributed by atoms with Gasteiger partial charge in [-0.2, -0.15) is 0 Å². The maximum Gasteiger partial charge on any atom is 0.240 e. The van der Waals surface area contributed by atoms with Gasteiger partial charge in [-0.1, -0.05) is 30.3 Å². The van der Waals surface area contributed by atoms with Crippen LogP contribution in [0.5, 0.6) is 5.75 Å². The van der Waals surface area contributed by atoms with Gasteiger partial charge in [0.15, 0.2) is 0 Å². The molecule has 1 heterocycles. The molecule has 2 aromatic rings. The first-order chi connectivity index (χ1) is 13.2. The molecule has 2 aliphatic rings. The highest BCUT2D eigenvalue weighted by atomic mass is 16.5. The second-order valence-corrected chi connectivity index (χ2v) is 7.80. The number of para-hydroxylation sites is 1. The minimum atomic E-state index is 0.0961. The van der Waals surface area contributed by atoms with Crippen molar-refractivity contribution in [2.24, 2.45) is 5.92 Å².